The van der Waals surface area contributed by atoms with E-state index in [1.807, 2.05) is 0 Å². The average molecular weight is 174 g/mol. The molecule has 4 N–H and O–H groups in total. The molecule has 1 saturated carbocycles. The van der Waals surface area contributed by atoms with E-state index in [1.54, 1.807) is 0 Å². The molecule has 0 aromatic rings. The molecule has 1 aliphatic carbocycles. The van der Waals surface area contributed by atoms with E-state index in [0.717, 1.165) is 0 Å². The van der Waals surface area contributed by atoms with Gasteiger partial charge in [0.1, 0.15) is 0 Å². The van der Waals surface area contributed by atoms with Gasteiger partial charge in [0.05, 0.1) is 0 Å². The standard InChI is InChI=1S/C6H14N4O2/c7-9(11)5-1-2-6(4-3-5)10(8)12/h5-6H,1-4,7-8H2/q-2. The van der Waals surface area contributed by atoms with Crippen LogP contribution in [0.2, 0.25) is 0 Å². The van der Waals surface area contributed by atoms with Crippen molar-refractivity contribution in [3.05, 3.63) is 10.4 Å². The Bertz CT molecular complexity index is 118. The molecule has 72 valence electrons. The van der Waals surface area contributed by atoms with Crippen molar-refractivity contribution in [3.63, 3.8) is 0 Å². The summed E-state index contributed by atoms with van der Waals surface area (Å²) in [7, 11) is 0. The third kappa shape index (κ3) is 2.37. The van der Waals surface area contributed by atoms with Crippen molar-refractivity contribution in [1.82, 2.24) is 10.3 Å². The van der Waals surface area contributed by atoms with Crippen molar-refractivity contribution < 1.29 is 0 Å². The molecule has 0 aliphatic heterocycles. The highest BCUT2D eigenvalue weighted by Gasteiger charge is 2.20. The van der Waals surface area contributed by atoms with Crippen molar-refractivity contribution in [2.75, 3.05) is 0 Å². The highest BCUT2D eigenvalue weighted by molar-refractivity contribution is 4.81. The van der Waals surface area contributed by atoms with Crippen molar-refractivity contribution in [2.24, 2.45) is 11.7 Å². The molecule has 0 aromatic heterocycles. The monoisotopic (exact) mass is 174 g/mol. The summed E-state index contributed by atoms with van der Waals surface area (Å²) >= 11 is 0. The predicted octanol–water partition coefficient (Wildman–Crippen LogP) is -0.355. The van der Waals surface area contributed by atoms with Crippen LogP contribution >= 0.6 is 0 Å². The maximum atomic E-state index is 10.6. The van der Waals surface area contributed by atoms with Crippen LogP contribution in [-0.2, 0) is 0 Å². The van der Waals surface area contributed by atoms with Crippen LogP contribution < -0.4 is 11.7 Å². The second kappa shape index (κ2) is 4.13. The lowest BCUT2D eigenvalue weighted by atomic mass is 9.92. The minimum atomic E-state index is -0.138. The Balaban J connectivity index is 2.30. The normalized spacial score (nSPS) is 31.5. The first-order chi connectivity index (χ1) is 5.61. The van der Waals surface area contributed by atoms with Crippen molar-refractivity contribution >= 4 is 0 Å². The molecular formula is C6H14N4O2-2. The van der Waals surface area contributed by atoms with Gasteiger partial charge in [0.25, 0.3) is 0 Å². The molecule has 0 saturated heterocycles. The Morgan fingerprint density at radius 3 is 1.25 bits per heavy atom. The second-order valence-electron chi connectivity index (χ2n) is 3.18. The molecule has 0 bridgehead atoms. The first-order valence-corrected chi connectivity index (χ1v) is 4.03. The summed E-state index contributed by atoms with van der Waals surface area (Å²) in [6.07, 6.45) is 2.61. The fourth-order valence-corrected chi connectivity index (χ4v) is 1.57. The summed E-state index contributed by atoms with van der Waals surface area (Å²) < 4.78 is 0. The lowest BCUT2D eigenvalue weighted by molar-refractivity contribution is 0.151. The minimum absolute atomic E-state index is 0.138. The molecule has 0 aromatic carbocycles. The summed E-state index contributed by atoms with van der Waals surface area (Å²) in [6, 6.07) is -0.276. The number of nitrogens with two attached hydrogens (primary N) is 2. The lowest BCUT2D eigenvalue weighted by Crippen LogP contribution is -2.44. The highest BCUT2D eigenvalue weighted by Crippen LogP contribution is 2.23. The van der Waals surface area contributed by atoms with Crippen LogP contribution in [0.25, 0.3) is 0 Å². The SMILES string of the molecule is NN([O-])C1CCC(N(N)[O-])CC1. The van der Waals surface area contributed by atoms with Gasteiger partial charge in [-0.1, -0.05) is 0 Å². The molecule has 1 rings (SSSR count). The van der Waals surface area contributed by atoms with Crippen LogP contribution in [0.5, 0.6) is 0 Å². The molecule has 12 heavy (non-hydrogen) atoms. The van der Waals surface area contributed by atoms with Gasteiger partial charge >= 0.3 is 0 Å². The molecule has 1 aliphatic rings. The summed E-state index contributed by atoms with van der Waals surface area (Å²) in [5.74, 6) is 10.1. The van der Waals surface area contributed by atoms with Crippen LogP contribution in [0, 0.1) is 10.4 Å². The number of rotatable bonds is 2. The summed E-state index contributed by atoms with van der Waals surface area (Å²) in [5, 5.41) is 22.2. The van der Waals surface area contributed by atoms with Gasteiger partial charge in [0, 0.05) is 12.1 Å². The van der Waals surface area contributed by atoms with E-state index in [9.17, 15) is 10.4 Å². The van der Waals surface area contributed by atoms with Crippen molar-refractivity contribution in [2.45, 2.75) is 37.8 Å². The fraction of sp³-hybridized carbons (Fsp3) is 1.00. The quantitative estimate of drug-likeness (QED) is 0.437. The Kier molecular flexibility index (Phi) is 3.39. The van der Waals surface area contributed by atoms with Gasteiger partial charge in [-0.05, 0) is 25.7 Å². The Morgan fingerprint density at radius 2 is 1.08 bits per heavy atom. The van der Waals surface area contributed by atoms with E-state index in [2.05, 4.69) is 0 Å². The van der Waals surface area contributed by atoms with Crippen molar-refractivity contribution in [3.8, 4) is 0 Å². The summed E-state index contributed by atoms with van der Waals surface area (Å²) in [5.41, 5.74) is 0. The maximum Gasteiger partial charge on any atom is 0.0107 e. The van der Waals surface area contributed by atoms with Crippen LogP contribution in [-0.4, -0.2) is 22.4 Å². The van der Waals surface area contributed by atoms with Gasteiger partial charge in [-0.15, -0.1) is 0 Å². The van der Waals surface area contributed by atoms with E-state index < -0.39 is 0 Å². The lowest BCUT2D eigenvalue weighted by Gasteiger charge is -2.42. The van der Waals surface area contributed by atoms with E-state index in [-0.39, 0.29) is 12.1 Å². The molecule has 1 fully saturated rings. The molecule has 0 atom stereocenters. The molecule has 0 spiro atoms. The number of hydroxylamine groups is 2. The topological polar surface area (TPSA) is 105 Å². The van der Waals surface area contributed by atoms with Crippen molar-refractivity contribution in [1.29, 1.82) is 0 Å². The molecule has 0 amide bonds. The second-order valence-corrected chi connectivity index (χ2v) is 3.18. The highest BCUT2D eigenvalue weighted by atomic mass is 16.5. The molecule has 0 unspecified atom stereocenters. The minimum Gasteiger partial charge on any atom is -0.772 e. The molecular weight excluding hydrogens is 160 g/mol. The van der Waals surface area contributed by atoms with Crippen LogP contribution in [0.3, 0.4) is 0 Å². The zero-order valence-electron chi connectivity index (χ0n) is 6.85. The molecule has 0 radical (unpaired) electrons. The van der Waals surface area contributed by atoms with E-state index >= 15 is 0 Å². The van der Waals surface area contributed by atoms with Gasteiger partial charge in [0.2, 0.25) is 0 Å². The Hall–Kier alpha value is -0.240. The largest absolute Gasteiger partial charge is 0.772 e. The maximum absolute atomic E-state index is 10.6. The van der Waals surface area contributed by atoms with Gasteiger partial charge in [-0.2, -0.15) is 0 Å². The van der Waals surface area contributed by atoms with E-state index in [4.69, 9.17) is 11.7 Å². The zero-order valence-corrected chi connectivity index (χ0v) is 6.85. The van der Waals surface area contributed by atoms with Crippen LogP contribution in [0.1, 0.15) is 25.7 Å². The first kappa shape index (κ1) is 9.85. The molecule has 0 heterocycles. The summed E-state index contributed by atoms with van der Waals surface area (Å²) in [6.45, 7) is 0. The third-order valence-corrected chi connectivity index (χ3v) is 2.39. The number of hydrazine groups is 2. The zero-order chi connectivity index (χ0) is 9.14. The van der Waals surface area contributed by atoms with Gasteiger partial charge in [-0.3, -0.25) is 11.7 Å². The van der Waals surface area contributed by atoms with E-state index in [0.29, 0.717) is 36.0 Å². The third-order valence-electron chi connectivity index (χ3n) is 2.39. The van der Waals surface area contributed by atoms with E-state index in [1.165, 1.54) is 0 Å². The Labute approximate surface area is 71.2 Å². The number of hydrogen-bond acceptors (Lipinski definition) is 6. The molecule has 6 nitrogen and oxygen atoms in total. The Morgan fingerprint density at radius 1 is 0.833 bits per heavy atom. The smallest absolute Gasteiger partial charge is 0.0107 e. The average Bonchev–Trinajstić information content (AvgIpc) is 2.04. The number of nitrogens with zero attached hydrogens (tertiary/aromatic N) is 2. The van der Waals surface area contributed by atoms with Crippen LogP contribution in [0.4, 0.5) is 0 Å². The van der Waals surface area contributed by atoms with Gasteiger partial charge in [0.15, 0.2) is 0 Å². The van der Waals surface area contributed by atoms with Crippen LogP contribution in [0.15, 0.2) is 0 Å². The predicted molar refractivity (Wildman–Crippen MR) is 44.8 cm³/mol. The first-order valence-electron chi connectivity index (χ1n) is 4.03. The van der Waals surface area contributed by atoms with Gasteiger partial charge < -0.3 is 20.8 Å². The van der Waals surface area contributed by atoms with Gasteiger partial charge in [-0.25, -0.2) is 0 Å². The molecule has 6 heteroatoms. The number of hydrogen-bond donors (Lipinski definition) is 2. The summed E-state index contributed by atoms with van der Waals surface area (Å²) in [4.78, 5) is 0. The fourth-order valence-electron chi connectivity index (χ4n) is 1.57.